The second-order valence-corrected chi connectivity index (χ2v) is 7.69. The molecule has 1 aromatic heterocycles. The fourth-order valence-corrected chi connectivity index (χ4v) is 3.64. The summed E-state index contributed by atoms with van der Waals surface area (Å²) >= 11 is 0. The van der Waals surface area contributed by atoms with Gasteiger partial charge in [-0.15, -0.1) is 0 Å². The lowest BCUT2D eigenvalue weighted by Crippen LogP contribution is -2.07. The number of benzene rings is 2. The summed E-state index contributed by atoms with van der Waals surface area (Å²) in [4.78, 5) is 16.4. The summed E-state index contributed by atoms with van der Waals surface area (Å²) in [6.07, 6.45) is 1.97. The molecular formula is C23H29N3O4. The number of phenolic OH excluding ortho intramolecular Hbond substituents is 1. The molecule has 0 aliphatic heterocycles. The first-order valence-corrected chi connectivity index (χ1v) is 10.1. The minimum Gasteiger partial charge on any atom is -0.505 e. The molecule has 1 aliphatic rings. The molecule has 1 unspecified atom stereocenters. The number of phenols is 1. The largest absolute Gasteiger partial charge is 0.505 e. The van der Waals surface area contributed by atoms with E-state index in [0.717, 1.165) is 24.2 Å². The summed E-state index contributed by atoms with van der Waals surface area (Å²) < 4.78 is 1.88. The predicted molar refractivity (Wildman–Crippen MR) is 116 cm³/mol. The molecule has 0 spiro atoms. The molecular weight excluding hydrogens is 382 g/mol. The van der Waals surface area contributed by atoms with Crippen molar-refractivity contribution in [3.8, 4) is 5.75 Å². The second-order valence-electron chi connectivity index (χ2n) is 7.69. The maximum Gasteiger partial charge on any atom is 0.336 e. The van der Waals surface area contributed by atoms with E-state index < -0.39 is 12.1 Å². The van der Waals surface area contributed by atoms with Crippen LogP contribution in [0, 0.1) is 0 Å². The third-order valence-corrected chi connectivity index (χ3v) is 5.32. The lowest BCUT2D eigenvalue weighted by Gasteiger charge is -2.14. The van der Waals surface area contributed by atoms with Crippen LogP contribution in [0.15, 0.2) is 36.4 Å². The quantitative estimate of drug-likeness (QED) is 0.495. The van der Waals surface area contributed by atoms with E-state index in [4.69, 9.17) is 0 Å². The molecule has 1 saturated carbocycles. The molecule has 0 bridgehead atoms. The topological polar surface area (TPSA) is 108 Å². The molecule has 3 aromatic rings. The number of aromatic carboxylic acids is 1. The standard InChI is InChI=1S/C21H22N2O4.C2H7N/c1-23-16-11-15(21(26)27)14(9-10-17(24)12-5-3-2-4-6-12)19(25)18(16)22-20(23)13-7-8-13;1-3-2/h2-6,11,13,17,24-25H,7-10H2,1H3,(H,26,27);3H,1-2H3. The van der Waals surface area contributed by atoms with E-state index in [1.54, 1.807) is 6.07 Å². The summed E-state index contributed by atoms with van der Waals surface area (Å²) in [7, 11) is 5.60. The number of aromatic nitrogens is 2. The lowest BCUT2D eigenvalue weighted by atomic mass is 9.96. The Hall–Kier alpha value is -2.90. The van der Waals surface area contributed by atoms with Gasteiger partial charge in [0.2, 0.25) is 0 Å². The molecule has 0 radical (unpaired) electrons. The van der Waals surface area contributed by atoms with Gasteiger partial charge in [0.05, 0.1) is 17.2 Å². The molecule has 4 rings (SSSR count). The van der Waals surface area contributed by atoms with Gasteiger partial charge in [-0.1, -0.05) is 30.3 Å². The number of carboxylic acid groups (broad SMARTS) is 1. The van der Waals surface area contributed by atoms with E-state index in [2.05, 4.69) is 10.3 Å². The number of hydrogen-bond acceptors (Lipinski definition) is 5. The van der Waals surface area contributed by atoms with Crippen molar-refractivity contribution in [1.29, 1.82) is 0 Å². The number of hydrogen-bond donors (Lipinski definition) is 4. The molecule has 4 N–H and O–H groups in total. The molecule has 0 saturated heterocycles. The lowest BCUT2D eigenvalue weighted by molar-refractivity contribution is 0.0694. The monoisotopic (exact) mass is 411 g/mol. The third kappa shape index (κ3) is 4.47. The van der Waals surface area contributed by atoms with Crippen LogP contribution < -0.4 is 5.32 Å². The third-order valence-electron chi connectivity index (χ3n) is 5.32. The number of nitrogens with one attached hydrogen (secondary N) is 1. The molecule has 2 aromatic carbocycles. The average molecular weight is 412 g/mol. The van der Waals surface area contributed by atoms with E-state index in [1.165, 1.54) is 0 Å². The molecule has 160 valence electrons. The second kappa shape index (κ2) is 9.28. The Kier molecular flexibility index (Phi) is 6.74. The van der Waals surface area contributed by atoms with Gasteiger partial charge < -0.3 is 25.2 Å². The molecule has 0 amide bonds. The number of nitrogens with zero attached hydrogens (tertiary/aromatic N) is 2. The Labute approximate surface area is 176 Å². The van der Waals surface area contributed by atoms with Gasteiger partial charge in [-0.2, -0.15) is 0 Å². The van der Waals surface area contributed by atoms with Crippen molar-refractivity contribution >= 4 is 17.0 Å². The number of carboxylic acids is 1. The van der Waals surface area contributed by atoms with Gasteiger partial charge in [-0.25, -0.2) is 9.78 Å². The van der Waals surface area contributed by atoms with Crippen molar-refractivity contribution in [3.05, 3.63) is 58.9 Å². The van der Waals surface area contributed by atoms with Crippen molar-refractivity contribution in [1.82, 2.24) is 14.9 Å². The minimum absolute atomic E-state index is 0.0607. The maximum absolute atomic E-state index is 11.8. The molecule has 1 atom stereocenters. The molecule has 1 heterocycles. The van der Waals surface area contributed by atoms with Crippen molar-refractivity contribution in [3.63, 3.8) is 0 Å². The number of aryl methyl sites for hydroxylation is 1. The Morgan fingerprint density at radius 2 is 1.90 bits per heavy atom. The highest BCUT2D eigenvalue weighted by Crippen LogP contribution is 2.42. The van der Waals surface area contributed by atoms with Gasteiger partial charge in [0.25, 0.3) is 0 Å². The zero-order chi connectivity index (χ0) is 21.8. The predicted octanol–water partition coefficient (Wildman–Crippen LogP) is 3.36. The van der Waals surface area contributed by atoms with Crippen LogP contribution in [0.1, 0.15) is 58.6 Å². The fraction of sp³-hybridized carbons (Fsp3) is 0.391. The van der Waals surface area contributed by atoms with Crippen LogP contribution >= 0.6 is 0 Å². The smallest absolute Gasteiger partial charge is 0.336 e. The van der Waals surface area contributed by atoms with Gasteiger partial charge in [0, 0.05) is 18.5 Å². The van der Waals surface area contributed by atoms with Crippen molar-refractivity contribution < 1.29 is 20.1 Å². The summed E-state index contributed by atoms with van der Waals surface area (Å²) in [5.41, 5.74) is 2.22. The summed E-state index contributed by atoms with van der Waals surface area (Å²) in [5.74, 6) is 0.0924. The molecule has 7 nitrogen and oxygen atoms in total. The van der Waals surface area contributed by atoms with Crippen molar-refractivity contribution in [2.75, 3.05) is 14.1 Å². The number of aliphatic hydroxyl groups excluding tert-OH is 1. The Bertz CT molecular complexity index is 1030. The van der Waals surface area contributed by atoms with E-state index in [1.807, 2.05) is 56.0 Å². The van der Waals surface area contributed by atoms with Gasteiger partial charge in [0.15, 0.2) is 0 Å². The Balaban J connectivity index is 0.000000806. The SMILES string of the molecule is CNC.Cn1c(C2CC2)nc2c(O)c(CCC(O)c3ccccc3)c(C(=O)O)cc21. The van der Waals surface area contributed by atoms with Crippen LogP contribution in [0.5, 0.6) is 5.75 Å². The summed E-state index contributed by atoms with van der Waals surface area (Å²) in [6.45, 7) is 0. The zero-order valence-electron chi connectivity index (χ0n) is 17.6. The fourth-order valence-electron chi connectivity index (χ4n) is 3.64. The highest BCUT2D eigenvalue weighted by Gasteiger charge is 2.30. The van der Waals surface area contributed by atoms with Crippen LogP contribution in [-0.2, 0) is 13.5 Å². The normalized spacial score (nSPS) is 14.3. The molecule has 30 heavy (non-hydrogen) atoms. The number of aromatic hydroxyl groups is 1. The molecule has 1 fully saturated rings. The Morgan fingerprint density at radius 1 is 1.27 bits per heavy atom. The van der Waals surface area contributed by atoms with Crippen LogP contribution in [0.4, 0.5) is 0 Å². The van der Waals surface area contributed by atoms with Crippen molar-refractivity contribution in [2.24, 2.45) is 7.05 Å². The van der Waals surface area contributed by atoms with Crippen LogP contribution in [0.25, 0.3) is 11.0 Å². The van der Waals surface area contributed by atoms with Crippen LogP contribution in [0.2, 0.25) is 0 Å². The number of aliphatic hydroxyl groups is 1. The van der Waals surface area contributed by atoms with E-state index in [-0.39, 0.29) is 17.7 Å². The van der Waals surface area contributed by atoms with E-state index >= 15 is 0 Å². The van der Waals surface area contributed by atoms with Crippen LogP contribution in [0.3, 0.4) is 0 Å². The first-order chi connectivity index (χ1) is 14.4. The van der Waals surface area contributed by atoms with Gasteiger partial charge >= 0.3 is 5.97 Å². The number of imidazole rings is 1. The number of carbonyl (C=O) groups is 1. The van der Waals surface area contributed by atoms with Gasteiger partial charge in [0.1, 0.15) is 17.1 Å². The average Bonchev–Trinajstić information content (AvgIpc) is 3.52. The minimum atomic E-state index is -1.09. The Morgan fingerprint density at radius 3 is 2.47 bits per heavy atom. The van der Waals surface area contributed by atoms with Gasteiger partial charge in [-0.3, -0.25) is 0 Å². The first-order valence-electron chi connectivity index (χ1n) is 10.1. The molecule has 1 aliphatic carbocycles. The molecule has 7 heteroatoms. The summed E-state index contributed by atoms with van der Waals surface area (Å²) in [5, 5.41) is 33.6. The number of rotatable bonds is 6. The van der Waals surface area contributed by atoms with Gasteiger partial charge in [-0.05, 0) is 51.4 Å². The van der Waals surface area contributed by atoms with Crippen molar-refractivity contribution in [2.45, 2.75) is 37.7 Å². The maximum atomic E-state index is 11.8. The number of fused-ring (bicyclic) bond motifs is 1. The highest BCUT2D eigenvalue weighted by molar-refractivity contribution is 5.97. The highest BCUT2D eigenvalue weighted by atomic mass is 16.4. The van der Waals surface area contributed by atoms with E-state index in [0.29, 0.717) is 28.9 Å². The van der Waals surface area contributed by atoms with E-state index in [9.17, 15) is 20.1 Å². The summed E-state index contributed by atoms with van der Waals surface area (Å²) in [6, 6.07) is 10.8. The van der Waals surface area contributed by atoms with Crippen LogP contribution in [-0.4, -0.2) is 44.9 Å². The zero-order valence-corrected chi connectivity index (χ0v) is 17.6. The first kappa shape index (κ1) is 21.8.